The van der Waals surface area contributed by atoms with Crippen molar-refractivity contribution in [3.8, 4) is 22.8 Å². The summed E-state index contributed by atoms with van der Waals surface area (Å²) < 4.78 is 11.8. The quantitative estimate of drug-likeness (QED) is 0.793. The molecular formula is C15H13N3O2. The van der Waals surface area contributed by atoms with Gasteiger partial charge in [0.25, 0.3) is 0 Å². The highest BCUT2D eigenvalue weighted by molar-refractivity contribution is 5.58. The number of para-hydroxylation sites is 1. The summed E-state index contributed by atoms with van der Waals surface area (Å²) in [4.78, 5) is 0. The molecule has 3 rings (SSSR count). The van der Waals surface area contributed by atoms with Gasteiger partial charge in [0, 0.05) is 5.56 Å². The van der Waals surface area contributed by atoms with Gasteiger partial charge >= 0.3 is 5.68 Å². The predicted molar refractivity (Wildman–Crippen MR) is 73.7 cm³/mol. The lowest BCUT2D eigenvalue weighted by Crippen LogP contribution is -2.13. The van der Waals surface area contributed by atoms with E-state index in [0.717, 1.165) is 17.0 Å². The Balaban J connectivity index is 2.13. The third-order valence-corrected chi connectivity index (χ3v) is 3.00. The van der Waals surface area contributed by atoms with E-state index >= 15 is 0 Å². The first-order valence-corrected chi connectivity index (χ1v) is 6.13. The molecule has 0 fully saturated rings. The van der Waals surface area contributed by atoms with Crippen LogP contribution in [0.15, 0.2) is 59.1 Å². The molecule has 0 atom stereocenters. The molecule has 0 aliphatic heterocycles. The average molecular weight is 267 g/mol. The average Bonchev–Trinajstić information content (AvgIpc) is 2.90. The van der Waals surface area contributed by atoms with Crippen LogP contribution in [0.2, 0.25) is 0 Å². The van der Waals surface area contributed by atoms with Gasteiger partial charge in [-0.05, 0) is 36.4 Å². The Bertz CT molecular complexity index is 758. The van der Waals surface area contributed by atoms with Gasteiger partial charge in [0.1, 0.15) is 5.75 Å². The smallest absolute Gasteiger partial charge is 0.325 e. The lowest BCUT2D eigenvalue weighted by Gasteiger charge is -2.05. The number of nitrogens with one attached hydrogen (secondary N) is 1. The Morgan fingerprint density at radius 2 is 1.75 bits per heavy atom. The number of benzene rings is 2. The van der Waals surface area contributed by atoms with Gasteiger partial charge in [0.15, 0.2) is 5.82 Å². The maximum Gasteiger partial charge on any atom is 0.325 e. The van der Waals surface area contributed by atoms with Gasteiger partial charge in [-0.25, -0.2) is 9.98 Å². The minimum atomic E-state index is -0.0120. The van der Waals surface area contributed by atoms with Gasteiger partial charge in [-0.1, -0.05) is 23.4 Å². The Morgan fingerprint density at radius 3 is 2.40 bits per heavy atom. The highest BCUT2D eigenvalue weighted by atomic mass is 16.5. The maximum absolute atomic E-state index is 7.87. The summed E-state index contributed by atoms with van der Waals surface area (Å²) in [5.41, 5.74) is 1.68. The fourth-order valence-electron chi connectivity index (χ4n) is 2.00. The van der Waals surface area contributed by atoms with Gasteiger partial charge < -0.3 is 9.26 Å². The van der Waals surface area contributed by atoms with Crippen molar-refractivity contribution in [2.75, 3.05) is 7.11 Å². The molecule has 1 aromatic heterocycles. The minimum Gasteiger partial charge on any atom is -0.497 e. The monoisotopic (exact) mass is 267 g/mol. The normalized spacial score (nSPS) is 10.4. The van der Waals surface area contributed by atoms with Crippen LogP contribution < -0.4 is 10.4 Å². The van der Waals surface area contributed by atoms with Crippen LogP contribution >= 0.6 is 0 Å². The third-order valence-electron chi connectivity index (χ3n) is 3.00. The number of methoxy groups -OCH3 is 1. The van der Waals surface area contributed by atoms with Crippen molar-refractivity contribution in [2.24, 2.45) is 0 Å². The Hall–Kier alpha value is -2.82. The number of rotatable bonds is 3. The topological polar surface area (TPSA) is 64.0 Å². The molecule has 20 heavy (non-hydrogen) atoms. The van der Waals surface area contributed by atoms with Crippen LogP contribution in [0.4, 0.5) is 0 Å². The van der Waals surface area contributed by atoms with Crippen molar-refractivity contribution in [3.05, 3.63) is 60.3 Å². The number of ether oxygens (including phenoxy) is 1. The lowest BCUT2D eigenvalue weighted by atomic mass is 10.2. The first-order valence-electron chi connectivity index (χ1n) is 6.13. The third kappa shape index (κ3) is 2.09. The fourth-order valence-corrected chi connectivity index (χ4v) is 2.00. The Morgan fingerprint density at radius 1 is 1.05 bits per heavy atom. The highest BCUT2D eigenvalue weighted by Gasteiger charge is 2.12. The number of aromatic nitrogens is 2. The highest BCUT2D eigenvalue weighted by Crippen LogP contribution is 2.22. The number of hydrogen-bond donors (Lipinski definition) is 1. The van der Waals surface area contributed by atoms with E-state index in [-0.39, 0.29) is 5.68 Å². The summed E-state index contributed by atoms with van der Waals surface area (Å²) in [6, 6.07) is 17.0. The van der Waals surface area contributed by atoms with Crippen LogP contribution in [0, 0.1) is 5.41 Å². The van der Waals surface area contributed by atoms with Crippen molar-refractivity contribution >= 4 is 0 Å². The van der Waals surface area contributed by atoms with Gasteiger partial charge in [-0.15, -0.1) is 0 Å². The van der Waals surface area contributed by atoms with Gasteiger partial charge in [0.2, 0.25) is 0 Å². The van der Waals surface area contributed by atoms with Crippen LogP contribution in [0.5, 0.6) is 5.75 Å². The molecule has 1 heterocycles. The van der Waals surface area contributed by atoms with E-state index in [2.05, 4.69) is 5.16 Å². The lowest BCUT2D eigenvalue weighted by molar-refractivity contribution is 0.365. The molecule has 0 aliphatic carbocycles. The Labute approximate surface area is 115 Å². The molecule has 0 aliphatic rings. The molecule has 0 unspecified atom stereocenters. The van der Waals surface area contributed by atoms with Crippen LogP contribution in [-0.4, -0.2) is 16.8 Å². The Kier molecular flexibility index (Phi) is 3.09. The van der Waals surface area contributed by atoms with Crippen molar-refractivity contribution in [3.63, 3.8) is 0 Å². The molecule has 5 heteroatoms. The molecule has 0 saturated carbocycles. The van der Waals surface area contributed by atoms with E-state index in [1.54, 1.807) is 11.7 Å². The van der Waals surface area contributed by atoms with E-state index in [9.17, 15) is 0 Å². The zero-order chi connectivity index (χ0) is 13.9. The SMILES string of the molecule is COc1ccc(-c2noc(=N)n2-c2ccccc2)cc1. The standard InChI is InChI=1S/C15H13N3O2/c1-19-13-9-7-11(8-10-13)14-17-20-15(16)18(14)12-5-3-2-4-6-12/h2-10,16H,1H3. The molecule has 100 valence electrons. The van der Waals surface area contributed by atoms with Crippen molar-refractivity contribution in [1.29, 1.82) is 5.41 Å². The molecular weight excluding hydrogens is 254 g/mol. The second kappa shape index (κ2) is 5.05. The van der Waals surface area contributed by atoms with Gasteiger partial charge in [0.05, 0.1) is 12.8 Å². The molecule has 0 spiro atoms. The molecule has 1 N–H and O–H groups in total. The summed E-state index contributed by atoms with van der Waals surface area (Å²) in [6.45, 7) is 0. The minimum absolute atomic E-state index is 0.0120. The molecule has 0 radical (unpaired) electrons. The zero-order valence-corrected chi connectivity index (χ0v) is 10.9. The number of nitrogens with zero attached hydrogens (tertiary/aromatic N) is 2. The molecule has 2 aromatic carbocycles. The van der Waals surface area contributed by atoms with Crippen molar-refractivity contribution < 1.29 is 9.26 Å². The van der Waals surface area contributed by atoms with Crippen LogP contribution in [0.25, 0.3) is 17.1 Å². The van der Waals surface area contributed by atoms with E-state index < -0.39 is 0 Å². The summed E-state index contributed by atoms with van der Waals surface area (Å²) in [6.07, 6.45) is 0. The summed E-state index contributed by atoms with van der Waals surface area (Å²) in [7, 11) is 1.62. The summed E-state index contributed by atoms with van der Waals surface area (Å²) >= 11 is 0. The molecule has 0 saturated heterocycles. The van der Waals surface area contributed by atoms with Gasteiger partial charge in [-0.3, -0.25) is 0 Å². The molecule has 0 bridgehead atoms. The summed E-state index contributed by atoms with van der Waals surface area (Å²) in [5.74, 6) is 1.36. The fraction of sp³-hybridized carbons (Fsp3) is 0.0667. The maximum atomic E-state index is 7.87. The van der Waals surface area contributed by atoms with E-state index in [1.807, 2.05) is 54.6 Å². The van der Waals surface area contributed by atoms with Crippen molar-refractivity contribution in [1.82, 2.24) is 9.72 Å². The van der Waals surface area contributed by atoms with Crippen LogP contribution in [-0.2, 0) is 0 Å². The van der Waals surface area contributed by atoms with E-state index in [4.69, 9.17) is 14.7 Å². The predicted octanol–water partition coefficient (Wildman–Crippen LogP) is 2.62. The number of hydrogen-bond acceptors (Lipinski definition) is 4. The second-order valence-corrected chi connectivity index (χ2v) is 4.21. The van der Waals surface area contributed by atoms with Crippen LogP contribution in [0.3, 0.4) is 0 Å². The summed E-state index contributed by atoms with van der Waals surface area (Å²) in [5, 5.41) is 11.8. The largest absolute Gasteiger partial charge is 0.497 e. The zero-order valence-electron chi connectivity index (χ0n) is 10.9. The van der Waals surface area contributed by atoms with Crippen molar-refractivity contribution in [2.45, 2.75) is 0 Å². The first-order chi connectivity index (χ1) is 9.79. The van der Waals surface area contributed by atoms with Crippen LogP contribution in [0.1, 0.15) is 0 Å². The van der Waals surface area contributed by atoms with E-state index in [1.165, 1.54) is 0 Å². The van der Waals surface area contributed by atoms with Gasteiger partial charge in [-0.2, -0.15) is 0 Å². The second-order valence-electron chi connectivity index (χ2n) is 4.21. The molecule has 5 nitrogen and oxygen atoms in total. The molecule has 3 aromatic rings. The molecule has 0 amide bonds. The first kappa shape index (κ1) is 12.2. The van der Waals surface area contributed by atoms with E-state index in [0.29, 0.717) is 5.82 Å².